The lowest BCUT2D eigenvalue weighted by Crippen LogP contribution is -2.33. The quantitative estimate of drug-likeness (QED) is 0.828. The lowest BCUT2D eigenvalue weighted by Gasteiger charge is -2.31. The molecular weight excluding hydrogens is 204 g/mol. The zero-order valence-corrected chi connectivity index (χ0v) is 10.1. The molecule has 3 heteroatoms. The van der Waals surface area contributed by atoms with E-state index >= 15 is 0 Å². The molecule has 1 aliphatic carbocycles. The molecule has 0 aromatic carbocycles. The molecule has 15 heavy (non-hydrogen) atoms. The third-order valence-electron chi connectivity index (χ3n) is 3.56. The van der Waals surface area contributed by atoms with Crippen molar-refractivity contribution in [1.82, 2.24) is 5.32 Å². The second-order valence-corrected chi connectivity index (χ2v) is 5.42. The molecule has 3 N–H and O–H groups in total. The Hall–Kier alpha value is -0.380. The van der Waals surface area contributed by atoms with E-state index in [2.05, 4.69) is 29.9 Å². The summed E-state index contributed by atoms with van der Waals surface area (Å²) in [4.78, 5) is 1.35. The molecule has 2 nitrogen and oxygen atoms in total. The van der Waals surface area contributed by atoms with Crippen LogP contribution in [0, 0.1) is 5.92 Å². The zero-order valence-electron chi connectivity index (χ0n) is 9.28. The number of thiophene rings is 1. The van der Waals surface area contributed by atoms with Gasteiger partial charge in [0.1, 0.15) is 0 Å². The van der Waals surface area contributed by atoms with Gasteiger partial charge in [-0.25, -0.2) is 0 Å². The summed E-state index contributed by atoms with van der Waals surface area (Å²) in [7, 11) is 2.06. The van der Waals surface area contributed by atoms with Crippen molar-refractivity contribution < 1.29 is 0 Å². The van der Waals surface area contributed by atoms with Crippen LogP contribution in [0.5, 0.6) is 0 Å². The van der Waals surface area contributed by atoms with E-state index in [9.17, 15) is 0 Å². The Morgan fingerprint density at radius 3 is 2.67 bits per heavy atom. The van der Waals surface area contributed by atoms with Gasteiger partial charge in [0.15, 0.2) is 0 Å². The lowest BCUT2D eigenvalue weighted by atomic mass is 9.81. The fourth-order valence-corrected chi connectivity index (χ4v) is 3.30. The minimum Gasteiger partial charge on any atom is -0.323 e. The average Bonchev–Trinajstić information content (AvgIpc) is 2.82. The molecule has 1 saturated carbocycles. The predicted octanol–water partition coefficient (Wildman–Crippen LogP) is 2.53. The summed E-state index contributed by atoms with van der Waals surface area (Å²) < 4.78 is 0. The van der Waals surface area contributed by atoms with Gasteiger partial charge in [-0.05, 0) is 50.1 Å². The Morgan fingerprint density at radius 1 is 1.40 bits per heavy atom. The number of nitrogens with two attached hydrogens (primary N) is 1. The maximum atomic E-state index is 6.29. The number of hydrogen-bond acceptors (Lipinski definition) is 3. The van der Waals surface area contributed by atoms with Crippen LogP contribution in [0.2, 0.25) is 0 Å². The van der Waals surface area contributed by atoms with Gasteiger partial charge in [-0.1, -0.05) is 6.07 Å². The van der Waals surface area contributed by atoms with Gasteiger partial charge >= 0.3 is 0 Å². The van der Waals surface area contributed by atoms with Gasteiger partial charge in [0.2, 0.25) is 0 Å². The molecule has 1 unspecified atom stereocenters. The van der Waals surface area contributed by atoms with Gasteiger partial charge in [0, 0.05) is 17.0 Å². The molecule has 2 rings (SSSR count). The van der Waals surface area contributed by atoms with Crippen LogP contribution in [0.15, 0.2) is 17.5 Å². The van der Waals surface area contributed by atoms with Crippen molar-refractivity contribution in [2.45, 2.75) is 37.8 Å². The van der Waals surface area contributed by atoms with Crippen LogP contribution in [0.25, 0.3) is 0 Å². The van der Waals surface area contributed by atoms with Gasteiger partial charge in [-0.2, -0.15) is 0 Å². The standard InChI is InChI=1S/C12H20N2S/c1-14-10-6-4-9(5-7-10)12(13)11-3-2-8-15-11/h2-3,8-10,12,14H,4-7,13H2,1H3. The summed E-state index contributed by atoms with van der Waals surface area (Å²) >= 11 is 1.79. The molecule has 1 heterocycles. The first kappa shape index (κ1) is 11.1. The smallest absolute Gasteiger partial charge is 0.0418 e. The van der Waals surface area contributed by atoms with Gasteiger partial charge in [-0.3, -0.25) is 0 Å². The Labute approximate surface area is 95.9 Å². The fraction of sp³-hybridized carbons (Fsp3) is 0.667. The molecule has 1 aromatic rings. The van der Waals surface area contributed by atoms with Crippen LogP contribution >= 0.6 is 11.3 Å². The number of nitrogens with one attached hydrogen (secondary N) is 1. The summed E-state index contributed by atoms with van der Waals surface area (Å²) in [5.74, 6) is 0.688. The van der Waals surface area contributed by atoms with Crippen LogP contribution in [-0.2, 0) is 0 Å². The third-order valence-corrected chi connectivity index (χ3v) is 4.53. The maximum Gasteiger partial charge on any atom is 0.0418 e. The van der Waals surface area contributed by atoms with E-state index in [0.717, 1.165) is 6.04 Å². The predicted molar refractivity (Wildman–Crippen MR) is 66.1 cm³/mol. The SMILES string of the molecule is CNC1CCC(C(N)c2cccs2)CC1. The Bertz CT molecular complexity index is 276. The second kappa shape index (κ2) is 5.10. The van der Waals surface area contributed by atoms with Crippen LogP contribution in [0.3, 0.4) is 0 Å². The monoisotopic (exact) mass is 224 g/mol. The topological polar surface area (TPSA) is 38.0 Å². The van der Waals surface area contributed by atoms with Crippen molar-refractivity contribution in [3.8, 4) is 0 Å². The van der Waals surface area contributed by atoms with Crippen LogP contribution in [0.1, 0.15) is 36.6 Å². The minimum atomic E-state index is 0.266. The molecule has 84 valence electrons. The van der Waals surface area contributed by atoms with Crippen molar-refractivity contribution >= 4 is 11.3 Å². The van der Waals surface area contributed by atoms with Crippen molar-refractivity contribution in [3.63, 3.8) is 0 Å². The maximum absolute atomic E-state index is 6.29. The minimum absolute atomic E-state index is 0.266. The third kappa shape index (κ3) is 2.60. The first-order valence-corrected chi connectivity index (χ1v) is 6.65. The highest BCUT2D eigenvalue weighted by Crippen LogP contribution is 2.34. The zero-order chi connectivity index (χ0) is 10.7. The molecule has 0 bridgehead atoms. The van der Waals surface area contributed by atoms with E-state index in [-0.39, 0.29) is 6.04 Å². The normalized spacial score (nSPS) is 28.9. The van der Waals surface area contributed by atoms with E-state index in [4.69, 9.17) is 5.73 Å². The Morgan fingerprint density at radius 2 is 2.13 bits per heavy atom. The highest BCUT2D eigenvalue weighted by molar-refractivity contribution is 7.10. The second-order valence-electron chi connectivity index (χ2n) is 4.44. The van der Waals surface area contributed by atoms with Crippen molar-refractivity contribution in [3.05, 3.63) is 22.4 Å². The largest absolute Gasteiger partial charge is 0.323 e. The number of rotatable bonds is 3. The lowest BCUT2D eigenvalue weighted by molar-refractivity contribution is 0.268. The highest BCUT2D eigenvalue weighted by Gasteiger charge is 2.25. The molecule has 1 atom stereocenters. The van der Waals surface area contributed by atoms with E-state index in [1.54, 1.807) is 11.3 Å². The molecule has 1 aliphatic rings. The van der Waals surface area contributed by atoms with Crippen LogP contribution < -0.4 is 11.1 Å². The number of hydrogen-bond donors (Lipinski definition) is 2. The van der Waals surface area contributed by atoms with Crippen molar-refractivity contribution in [2.75, 3.05) is 7.05 Å². The van der Waals surface area contributed by atoms with Crippen molar-refractivity contribution in [1.29, 1.82) is 0 Å². The van der Waals surface area contributed by atoms with Crippen molar-refractivity contribution in [2.24, 2.45) is 11.7 Å². The first-order chi connectivity index (χ1) is 7.31. The van der Waals surface area contributed by atoms with E-state index in [1.165, 1.54) is 30.6 Å². The molecule has 0 amide bonds. The highest BCUT2D eigenvalue weighted by atomic mass is 32.1. The summed E-state index contributed by atoms with van der Waals surface area (Å²) in [6, 6.07) is 5.25. The molecule has 0 radical (unpaired) electrons. The van der Waals surface area contributed by atoms with Gasteiger partial charge in [-0.15, -0.1) is 11.3 Å². The molecule has 0 saturated heterocycles. The van der Waals surface area contributed by atoms with Gasteiger partial charge in [0.25, 0.3) is 0 Å². The van der Waals surface area contributed by atoms with Gasteiger partial charge in [0.05, 0.1) is 0 Å². The van der Waals surface area contributed by atoms with Gasteiger partial charge < -0.3 is 11.1 Å². The molecule has 0 spiro atoms. The molecule has 1 aromatic heterocycles. The Balaban J connectivity index is 1.90. The first-order valence-electron chi connectivity index (χ1n) is 5.77. The van der Waals surface area contributed by atoms with Crippen LogP contribution in [0.4, 0.5) is 0 Å². The summed E-state index contributed by atoms with van der Waals surface area (Å²) in [5.41, 5.74) is 6.29. The summed E-state index contributed by atoms with van der Waals surface area (Å²) in [5, 5.41) is 5.48. The molecule has 0 aliphatic heterocycles. The van der Waals surface area contributed by atoms with E-state index < -0.39 is 0 Å². The average molecular weight is 224 g/mol. The Kier molecular flexibility index (Phi) is 3.78. The molecular formula is C12H20N2S. The fourth-order valence-electron chi connectivity index (χ4n) is 2.48. The van der Waals surface area contributed by atoms with E-state index in [0.29, 0.717) is 5.92 Å². The van der Waals surface area contributed by atoms with E-state index in [1.807, 2.05) is 0 Å². The summed E-state index contributed by atoms with van der Waals surface area (Å²) in [6.07, 6.45) is 5.09. The molecule has 1 fully saturated rings. The van der Waals surface area contributed by atoms with Crippen LogP contribution in [-0.4, -0.2) is 13.1 Å². The summed E-state index contributed by atoms with van der Waals surface area (Å²) in [6.45, 7) is 0.